The quantitative estimate of drug-likeness (QED) is 0.766. The van der Waals surface area contributed by atoms with E-state index < -0.39 is 0 Å². The summed E-state index contributed by atoms with van der Waals surface area (Å²) in [6, 6.07) is 2.39. The predicted octanol–water partition coefficient (Wildman–Crippen LogP) is 2.46. The molecule has 0 fully saturated rings. The fourth-order valence-corrected chi connectivity index (χ4v) is 1.92. The first-order chi connectivity index (χ1) is 7.76. The molecule has 1 aromatic rings. The van der Waals surface area contributed by atoms with Crippen molar-refractivity contribution < 1.29 is 0 Å². The summed E-state index contributed by atoms with van der Waals surface area (Å²) in [6.07, 6.45) is 4.85. The van der Waals surface area contributed by atoms with Crippen molar-refractivity contribution in [3.63, 3.8) is 0 Å². The van der Waals surface area contributed by atoms with Crippen LogP contribution in [-0.4, -0.2) is 34.6 Å². The summed E-state index contributed by atoms with van der Waals surface area (Å²) in [4.78, 5) is 8.33. The van der Waals surface area contributed by atoms with Crippen LogP contribution in [0.4, 0.5) is 11.6 Å². The summed E-state index contributed by atoms with van der Waals surface area (Å²) in [5, 5.41) is 6.54. The Labute approximate surface area is 102 Å². The topological polar surface area (TPSA) is 49.8 Å². The molecule has 5 heteroatoms. The number of aromatic nitrogens is 2. The van der Waals surface area contributed by atoms with Gasteiger partial charge in [-0.15, -0.1) is 0 Å². The molecule has 0 saturated heterocycles. The third-order valence-corrected chi connectivity index (χ3v) is 2.82. The van der Waals surface area contributed by atoms with E-state index in [2.05, 4.69) is 40.7 Å². The molecule has 4 nitrogen and oxygen atoms in total. The Balaban J connectivity index is 2.49. The Bertz CT molecular complexity index is 306. The molecule has 0 radical (unpaired) electrons. The first kappa shape index (κ1) is 13.1. The normalized spacial score (nSPS) is 12.2. The molecule has 1 rings (SSSR count). The number of anilines is 2. The van der Waals surface area contributed by atoms with Gasteiger partial charge in [0.2, 0.25) is 0 Å². The predicted molar refractivity (Wildman–Crippen MR) is 72.3 cm³/mol. The molecule has 1 unspecified atom stereocenters. The summed E-state index contributed by atoms with van der Waals surface area (Å²) >= 11 is 1.87. The van der Waals surface area contributed by atoms with Gasteiger partial charge in [-0.1, -0.05) is 0 Å². The Kier molecular flexibility index (Phi) is 6.00. The molecule has 0 aliphatic rings. The lowest BCUT2D eigenvalue weighted by molar-refractivity contribution is 0.766. The molecule has 0 amide bonds. The maximum Gasteiger partial charge on any atom is 0.131 e. The summed E-state index contributed by atoms with van der Waals surface area (Å²) in [7, 11) is 0. The number of nitrogens with one attached hydrogen (secondary N) is 2. The number of nitrogens with zero attached hydrogens (tertiary/aromatic N) is 2. The number of thioether (sulfide) groups is 1. The smallest absolute Gasteiger partial charge is 0.131 e. The highest BCUT2D eigenvalue weighted by Crippen LogP contribution is 2.11. The summed E-state index contributed by atoms with van der Waals surface area (Å²) < 4.78 is 0. The molecule has 0 bridgehead atoms. The minimum Gasteiger partial charge on any atom is -0.370 e. The Morgan fingerprint density at radius 1 is 1.38 bits per heavy atom. The van der Waals surface area contributed by atoms with E-state index in [1.165, 1.54) is 5.75 Å². The van der Waals surface area contributed by atoms with Crippen LogP contribution in [0.3, 0.4) is 0 Å². The highest BCUT2D eigenvalue weighted by atomic mass is 32.2. The standard InChI is InChI=1S/C11H20N4S/c1-4-12-10-7-11(14-8-13-10)15-9(2)5-6-16-3/h7-9H,4-6H2,1-3H3,(H2,12,13,14,15). The van der Waals surface area contributed by atoms with Crippen LogP contribution in [0, 0.1) is 0 Å². The first-order valence-corrected chi connectivity index (χ1v) is 6.97. The van der Waals surface area contributed by atoms with Gasteiger partial charge in [-0.25, -0.2) is 9.97 Å². The van der Waals surface area contributed by atoms with Crippen molar-refractivity contribution in [1.82, 2.24) is 9.97 Å². The van der Waals surface area contributed by atoms with Crippen molar-refractivity contribution in [3.05, 3.63) is 12.4 Å². The fourth-order valence-electron chi connectivity index (χ4n) is 1.33. The maximum atomic E-state index is 4.20. The highest BCUT2D eigenvalue weighted by molar-refractivity contribution is 7.98. The lowest BCUT2D eigenvalue weighted by Gasteiger charge is -2.14. The van der Waals surface area contributed by atoms with Gasteiger partial charge < -0.3 is 10.6 Å². The van der Waals surface area contributed by atoms with Gasteiger partial charge in [-0.2, -0.15) is 11.8 Å². The third-order valence-electron chi connectivity index (χ3n) is 2.17. The zero-order valence-corrected chi connectivity index (χ0v) is 11.0. The zero-order chi connectivity index (χ0) is 11.8. The van der Waals surface area contributed by atoms with Gasteiger partial charge in [-0.05, 0) is 32.3 Å². The largest absolute Gasteiger partial charge is 0.370 e. The van der Waals surface area contributed by atoms with E-state index in [0.29, 0.717) is 6.04 Å². The van der Waals surface area contributed by atoms with Gasteiger partial charge in [0.1, 0.15) is 18.0 Å². The van der Waals surface area contributed by atoms with Gasteiger partial charge >= 0.3 is 0 Å². The van der Waals surface area contributed by atoms with Crippen molar-refractivity contribution in [3.8, 4) is 0 Å². The molecule has 0 aliphatic carbocycles. The number of hydrogen-bond acceptors (Lipinski definition) is 5. The summed E-state index contributed by atoms with van der Waals surface area (Å²) in [5.41, 5.74) is 0. The SMILES string of the molecule is CCNc1cc(NC(C)CCSC)ncn1. The molecule has 90 valence electrons. The van der Waals surface area contributed by atoms with Crippen LogP contribution in [-0.2, 0) is 0 Å². The summed E-state index contributed by atoms with van der Waals surface area (Å²) in [6.45, 7) is 5.10. The average Bonchev–Trinajstić information content (AvgIpc) is 2.27. The van der Waals surface area contributed by atoms with Crippen molar-refractivity contribution in [1.29, 1.82) is 0 Å². The molecule has 1 heterocycles. The number of hydrogen-bond donors (Lipinski definition) is 2. The minimum absolute atomic E-state index is 0.442. The zero-order valence-electron chi connectivity index (χ0n) is 10.2. The molecule has 0 aromatic carbocycles. The van der Waals surface area contributed by atoms with E-state index in [4.69, 9.17) is 0 Å². The minimum atomic E-state index is 0.442. The summed E-state index contributed by atoms with van der Waals surface area (Å²) in [5.74, 6) is 2.93. The second kappa shape index (κ2) is 7.33. The van der Waals surface area contributed by atoms with Crippen LogP contribution in [0.1, 0.15) is 20.3 Å². The van der Waals surface area contributed by atoms with Crippen LogP contribution >= 0.6 is 11.8 Å². The average molecular weight is 240 g/mol. The van der Waals surface area contributed by atoms with Crippen molar-refractivity contribution in [2.75, 3.05) is 29.2 Å². The lowest BCUT2D eigenvalue weighted by atomic mass is 10.2. The van der Waals surface area contributed by atoms with E-state index in [9.17, 15) is 0 Å². The van der Waals surface area contributed by atoms with Gasteiger partial charge in [-0.3, -0.25) is 0 Å². The molecular formula is C11H20N4S. The fraction of sp³-hybridized carbons (Fsp3) is 0.636. The van der Waals surface area contributed by atoms with Gasteiger partial charge in [0.05, 0.1) is 0 Å². The molecule has 0 aliphatic heterocycles. The second-order valence-corrected chi connectivity index (χ2v) is 4.63. The van der Waals surface area contributed by atoms with Crippen molar-refractivity contribution >= 4 is 23.4 Å². The Morgan fingerprint density at radius 2 is 2.12 bits per heavy atom. The maximum absolute atomic E-state index is 4.20. The van der Waals surface area contributed by atoms with Crippen LogP contribution in [0.15, 0.2) is 12.4 Å². The molecular weight excluding hydrogens is 220 g/mol. The van der Waals surface area contributed by atoms with Crippen molar-refractivity contribution in [2.45, 2.75) is 26.3 Å². The van der Waals surface area contributed by atoms with Crippen LogP contribution in [0.5, 0.6) is 0 Å². The van der Waals surface area contributed by atoms with E-state index >= 15 is 0 Å². The van der Waals surface area contributed by atoms with Crippen LogP contribution in [0.2, 0.25) is 0 Å². The van der Waals surface area contributed by atoms with Gasteiger partial charge in [0.15, 0.2) is 0 Å². The second-order valence-electron chi connectivity index (χ2n) is 3.65. The third kappa shape index (κ3) is 4.70. The van der Waals surface area contributed by atoms with E-state index in [1.54, 1.807) is 6.33 Å². The molecule has 0 saturated carbocycles. The van der Waals surface area contributed by atoms with E-state index in [-0.39, 0.29) is 0 Å². The first-order valence-electron chi connectivity index (χ1n) is 5.57. The molecule has 1 aromatic heterocycles. The Hall–Kier alpha value is -0.970. The Morgan fingerprint density at radius 3 is 2.81 bits per heavy atom. The van der Waals surface area contributed by atoms with Crippen molar-refractivity contribution in [2.24, 2.45) is 0 Å². The molecule has 1 atom stereocenters. The highest BCUT2D eigenvalue weighted by Gasteiger charge is 2.03. The van der Waals surface area contributed by atoms with Gasteiger partial charge in [0, 0.05) is 18.7 Å². The van der Waals surface area contributed by atoms with E-state index in [1.807, 2.05) is 17.8 Å². The van der Waals surface area contributed by atoms with Crippen LogP contribution in [0.25, 0.3) is 0 Å². The molecule has 0 spiro atoms. The molecule has 16 heavy (non-hydrogen) atoms. The number of rotatable bonds is 7. The van der Waals surface area contributed by atoms with E-state index in [0.717, 1.165) is 24.6 Å². The lowest BCUT2D eigenvalue weighted by Crippen LogP contribution is -2.17. The monoisotopic (exact) mass is 240 g/mol. The molecule has 2 N–H and O–H groups in total. The van der Waals surface area contributed by atoms with Crippen LogP contribution < -0.4 is 10.6 Å². The van der Waals surface area contributed by atoms with Gasteiger partial charge in [0.25, 0.3) is 0 Å².